The van der Waals surface area contributed by atoms with Gasteiger partial charge in [0.05, 0.1) is 13.2 Å². The van der Waals surface area contributed by atoms with Crippen LogP contribution in [0.2, 0.25) is 0 Å². The van der Waals surface area contributed by atoms with E-state index in [1.807, 2.05) is 19.1 Å². The zero-order valence-corrected chi connectivity index (χ0v) is 24.8. The van der Waals surface area contributed by atoms with Gasteiger partial charge in [-0.1, -0.05) is 38.5 Å². The van der Waals surface area contributed by atoms with Crippen molar-refractivity contribution in [3.05, 3.63) is 64.4 Å². The summed E-state index contributed by atoms with van der Waals surface area (Å²) in [5.41, 5.74) is 11.3. The van der Waals surface area contributed by atoms with Crippen molar-refractivity contribution in [2.24, 2.45) is 16.6 Å². The van der Waals surface area contributed by atoms with E-state index < -0.39 is 5.82 Å². The topological polar surface area (TPSA) is 80.0 Å². The van der Waals surface area contributed by atoms with Crippen LogP contribution in [-0.2, 0) is 6.42 Å². The number of nitrogens with two attached hydrogens (primary N) is 1. The van der Waals surface area contributed by atoms with Crippen LogP contribution in [0.4, 0.5) is 9.18 Å². The third kappa shape index (κ3) is 8.05. The lowest BCUT2D eigenvalue weighted by Gasteiger charge is -2.17. The van der Waals surface area contributed by atoms with E-state index in [0.29, 0.717) is 23.6 Å². The van der Waals surface area contributed by atoms with E-state index in [1.165, 1.54) is 33.0 Å². The van der Waals surface area contributed by atoms with Crippen molar-refractivity contribution in [3.63, 3.8) is 0 Å². The Bertz CT molecular complexity index is 1340. The van der Waals surface area contributed by atoms with Crippen LogP contribution >= 0.6 is 11.3 Å². The number of benzene rings is 2. The van der Waals surface area contributed by atoms with Gasteiger partial charge in [-0.2, -0.15) is 0 Å². The number of para-hydroxylation sites is 1. The molecule has 3 rings (SSSR count). The lowest BCUT2D eigenvalue weighted by Crippen LogP contribution is -2.37. The fourth-order valence-electron chi connectivity index (χ4n) is 4.43. The standard InChI is InChI=1S/C31H41FN4O2S/c1-20(2)9-7-10-23-19-39-29-14-13-22(17-26(23)29)25-11-8-12-27(32)30(25)38-16-15-24(21(3)34-4)28(33)18-35-31(37)36(5)6/h8,11-14,17,19-20H,7,9-10,15-16,18,33H2,1-6H3,(H,35,37). The van der Waals surface area contributed by atoms with Gasteiger partial charge in [-0.15, -0.1) is 11.3 Å². The molecule has 0 atom stereocenters. The van der Waals surface area contributed by atoms with Crippen LogP contribution in [0.1, 0.15) is 45.6 Å². The van der Waals surface area contributed by atoms with Crippen LogP contribution in [0, 0.1) is 11.7 Å². The van der Waals surface area contributed by atoms with Gasteiger partial charge in [0, 0.05) is 49.2 Å². The van der Waals surface area contributed by atoms with Gasteiger partial charge >= 0.3 is 6.03 Å². The van der Waals surface area contributed by atoms with E-state index >= 15 is 4.39 Å². The number of urea groups is 1. The molecule has 0 radical (unpaired) electrons. The molecule has 210 valence electrons. The molecule has 2 aromatic carbocycles. The number of carbonyl (C=O) groups excluding carboxylic acids is 1. The highest BCUT2D eigenvalue weighted by atomic mass is 32.1. The number of amides is 2. The molecule has 0 saturated heterocycles. The zero-order chi connectivity index (χ0) is 28.5. The summed E-state index contributed by atoms with van der Waals surface area (Å²) in [7, 11) is 5.02. The van der Waals surface area contributed by atoms with Crippen molar-refractivity contribution in [1.29, 1.82) is 0 Å². The molecule has 0 aliphatic heterocycles. The number of hydrogen-bond donors (Lipinski definition) is 2. The molecule has 0 aliphatic rings. The highest BCUT2D eigenvalue weighted by Crippen LogP contribution is 2.37. The predicted octanol–water partition coefficient (Wildman–Crippen LogP) is 7.03. The van der Waals surface area contributed by atoms with E-state index in [4.69, 9.17) is 10.5 Å². The minimum Gasteiger partial charge on any atom is -0.490 e. The molecule has 0 bridgehead atoms. The summed E-state index contributed by atoms with van der Waals surface area (Å²) in [6.07, 6.45) is 3.81. The van der Waals surface area contributed by atoms with Crippen molar-refractivity contribution in [1.82, 2.24) is 10.2 Å². The molecule has 3 N–H and O–H groups in total. The Morgan fingerprint density at radius 2 is 2.00 bits per heavy atom. The maximum absolute atomic E-state index is 15.1. The summed E-state index contributed by atoms with van der Waals surface area (Å²) in [6, 6.07) is 11.1. The molecule has 0 spiro atoms. The minimum absolute atomic E-state index is 0.185. The Balaban J connectivity index is 1.82. The van der Waals surface area contributed by atoms with Crippen LogP contribution in [-0.4, -0.2) is 50.9 Å². The maximum atomic E-state index is 15.1. The Labute approximate surface area is 235 Å². The highest BCUT2D eigenvalue weighted by molar-refractivity contribution is 7.17. The lowest BCUT2D eigenvalue weighted by atomic mass is 9.98. The summed E-state index contributed by atoms with van der Waals surface area (Å²) in [5, 5.41) is 6.24. The minimum atomic E-state index is -0.410. The van der Waals surface area contributed by atoms with E-state index in [2.05, 4.69) is 41.7 Å². The third-order valence-corrected chi connectivity index (χ3v) is 7.77. The van der Waals surface area contributed by atoms with Crippen molar-refractivity contribution in [2.75, 3.05) is 34.3 Å². The van der Waals surface area contributed by atoms with E-state index in [0.717, 1.165) is 29.7 Å². The van der Waals surface area contributed by atoms with Crippen molar-refractivity contribution in [3.8, 4) is 16.9 Å². The first-order valence-electron chi connectivity index (χ1n) is 13.4. The summed E-state index contributed by atoms with van der Waals surface area (Å²) in [4.78, 5) is 17.6. The Morgan fingerprint density at radius 3 is 2.69 bits per heavy atom. The van der Waals surface area contributed by atoms with Crippen LogP contribution < -0.4 is 15.8 Å². The monoisotopic (exact) mass is 552 g/mol. The van der Waals surface area contributed by atoms with Crippen LogP contribution in [0.5, 0.6) is 5.75 Å². The van der Waals surface area contributed by atoms with Gasteiger partial charge in [0.15, 0.2) is 11.6 Å². The number of carbonyl (C=O) groups is 1. The van der Waals surface area contributed by atoms with Gasteiger partial charge in [0.1, 0.15) is 0 Å². The van der Waals surface area contributed by atoms with Crippen molar-refractivity contribution >= 4 is 33.2 Å². The number of thiophene rings is 1. The van der Waals surface area contributed by atoms with Crippen molar-refractivity contribution < 1.29 is 13.9 Å². The van der Waals surface area contributed by atoms with Gasteiger partial charge < -0.3 is 20.7 Å². The molecule has 3 aromatic rings. The number of fused-ring (bicyclic) bond motifs is 1. The summed E-state index contributed by atoms with van der Waals surface area (Å²) in [5.74, 6) is 0.499. The van der Waals surface area contributed by atoms with Crippen LogP contribution in [0.3, 0.4) is 0 Å². The molecule has 6 nitrogen and oxygen atoms in total. The van der Waals surface area contributed by atoms with Gasteiger partial charge in [-0.25, -0.2) is 9.18 Å². The third-order valence-electron chi connectivity index (χ3n) is 6.75. The molecule has 0 saturated carbocycles. The normalized spacial score (nSPS) is 12.6. The first-order chi connectivity index (χ1) is 18.6. The number of nitrogens with one attached hydrogen (secondary N) is 1. The molecule has 2 amide bonds. The summed E-state index contributed by atoms with van der Waals surface area (Å²) in [6.45, 7) is 6.76. The number of halogens is 1. The molecule has 8 heteroatoms. The molecule has 0 fully saturated rings. The quantitative estimate of drug-likeness (QED) is 0.237. The van der Waals surface area contributed by atoms with Gasteiger partial charge in [0.2, 0.25) is 0 Å². The second-order valence-corrected chi connectivity index (χ2v) is 11.3. The number of ether oxygens (including phenoxy) is 1. The molecule has 39 heavy (non-hydrogen) atoms. The van der Waals surface area contributed by atoms with E-state index in [9.17, 15) is 4.79 Å². The molecular weight excluding hydrogens is 511 g/mol. The molecule has 1 heterocycles. The molecular formula is C31H41FN4O2S. The lowest BCUT2D eigenvalue weighted by molar-refractivity contribution is 0.218. The maximum Gasteiger partial charge on any atom is 0.317 e. The number of rotatable bonds is 12. The number of nitrogens with zero attached hydrogens (tertiary/aromatic N) is 2. The van der Waals surface area contributed by atoms with Crippen molar-refractivity contribution in [2.45, 2.75) is 46.5 Å². The summed E-state index contributed by atoms with van der Waals surface area (Å²) < 4.78 is 22.4. The molecule has 0 aliphatic carbocycles. The fourth-order valence-corrected chi connectivity index (χ4v) is 5.40. The largest absolute Gasteiger partial charge is 0.490 e. The summed E-state index contributed by atoms with van der Waals surface area (Å²) >= 11 is 1.75. The van der Waals surface area contributed by atoms with Crippen LogP contribution in [0.25, 0.3) is 21.2 Å². The Morgan fingerprint density at radius 1 is 1.23 bits per heavy atom. The fraction of sp³-hybridized carbons (Fsp3) is 0.419. The number of aliphatic imine (C=N–C) groups is 1. The van der Waals surface area contributed by atoms with Crippen LogP contribution in [0.15, 0.2) is 58.0 Å². The van der Waals surface area contributed by atoms with E-state index in [1.54, 1.807) is 38.5 Å². The Kier molecular flexibility index (Phi) is 10.9. The highest BCUT2D eigenvalue weighted by Gasteiger charge is 2.16. The van der Waals surface area contributed by atoms with Gasteiger partial charge in [-0.05, 0) is 71.3 Å². The first-order valence-corrected chi connectivity index (χ1v) is 14.3. The second kappa shape index (κ2) is 14.1. The smallest absolute Gasteiger partial charge is 0.317 e. The predicted molar refractivity (Wildman–Crippen MR) is 162 cm³/mol. The van der Waals surface area contributed by atoms with Gasteiger partial charge in [-0.3, -0.25) is 4.99 Å². The SMILES string of the molecule is CN=C(C)C(CCOc1c(F)cccc1-c1ccc2scc(CCCC(C)C)c2c1)=C(N)CNC(=O)N(C)C. The second-order valence-electron chi connectivity index (χ2n) is 10.3. The number of aryl methyl sites for hydroxylation is 1. The molecule has 0 unspecified atom stereocenters. The Hall–Kier alpha value is -3.39. The molecule has 1 aromatic heterocycles. The number of hydrogen-bond acceptors (Lipinski definition) is 5. The first kappa shape index (κ1) is 30.2. The average molecular weight is 553 g/mol. The average Bonchev–Trinajstić information content (AvgIpc) is 3.31. The van der Waals surface area contributed by atoms with Gasteiger partial charge in [0.25, 0.3) is 0 Å². The van der Waals surface area contributed by atoms with E-state index in [-0.39, 0.29) is 24.9 Å². The zero-order valence-electron chi connectivity index (χ0n) is 23.9.